The lowest BCUT2D eigenvalue weighted by Crippen LogP contribution is -2.12. The number of alkyl halides is 1. The average Bonchev–Trinajstić information content (AvgIpc) is 2.29. The first-order valence-corrected chi connectivity index (χ1v) is 6.14. The van der Waals surface area contributed by atoms with E-state index in [1.54, 1.807) is 38.1 Å². The molecule has 0 aromatic heterocycles. The van der Waals surface area contributed by atoms with Gasteiger partial charge in [0, 0.05) is 5.88 Å². The van der Waals surface area contributed by atoms with Crippen LogP contribution in [0.2, 0.25) is 0 Å². The Morgan fingerprint density at radius 1 is 1.22 bits per heavy atom. The summed E-state index contributed by atoms with van der Waals surface area (Å²) in [4.78, 5) is 22.7. The summed E-state index contributed by atoms with van der Waals surface area (Å²) in [5.41, 5.74) is 0.417. The van der Waals surface area contributed by atoms with Crippen LogP contribution >= 0.6 is 11.6 Å². The first-order chi connectivity index (χ1) is 8.52. The first kappa shape index (κ1) is 14.5. The highest BCUT2D eigenvalue weighted by molar-refractivity contribution is 6.18. The number of carbonyl (C=O) groups excluding carboxylic acids is 2. The summed E-state index contributed by atoms with van der Waals surface area (Å²) in [5, 5.41) is 0. The number of ether oxygens (including phenoxy) is 2. The molecule has 0 atom stereocenters. The molecule has 1 rings (SSSR count). The van der Waals surface area contributed by atoms with E-state index >= 15 is 0 Å². The number of rotatable bonds is 5. The summed E-state index contributed by atoms with van der Waals surface area (Å²) in [7, 11) is 0. The zero-order valence-corrected chi connectivity index (χ0v) is 11.1. The summed E-state index contributed by atoms with van der Waals surface area (Å²) < 4.78 is 10.0. The van der Waals surface area contributed by atoms with Crippen LogP contribution in [0.25, 0.3) is 0 Å². The molecular weight excluding hydrogens is 256 g/mol. The summed E-state index contributed by atoms with van der Waals surface area (Å²) in [5.74, 6) is -0.199. The molecule has 1 aromatic carbocycles. The van der Waals surface area contributed by atoms with Crippen molar-refractivity contribution in [2.45, 2.75) is 26.4 Å². The Morgan fingerprint density at radius 3 is 2.33 bits per heavy atom. The second kappa shape index (κ2) is 7.01. The first-order valence-electron chi connectivity index (χ1n) is 5.60. The van der Waals surface area contributed by atoms with Crippen LogP contribution in [-0.4, -0.2) is 23.9 Å². The van der Waals surface area contributed by atoms with Crippen LogP contribution in [0.5, 0.6) is 5.75 Å². The molecule has 0 spiro atoms. The molecule has 0 unspecified atom stereocenters. The van der Waals surface area contributed by atoms with Gasteiger partial charge in [-0.25, -0.2) is 4.79 Å². The molecule has 98 valence electrons. The highest BCUT2D eigenvalue weighted by Crippen LogP contribution is 2.14. The monoisotopic (exact) mass is 270 g/mol. The minimum Gasteiger partial charge on any atom is -0.459 e. The van der Waals surface area contributed by atoms with E-state index in [9.17, 15) is 9.59 Å². The SMILES string of the molecule is CC(C)OC(=O)c1ccc(OC(=O)CCCl)cc1. The molecular formula is C13H15ClO4. The van der Waals surface area contributed by atoms with E-state index < -0.39 is 11.9 Å². The summed E-state index contributed by atoms with van der Waals surface area (Å²) >= 11 is 5.42. The van der Waals surface area contributed by atoms with Crippen molar-refractivity contribution >= 4 is 23.5 Å². The topological polar surface area (TPSA) is 52.6 Å². The Hall–Kier alpha value is -1.55. The summed E-state index contributed by atoms with van der Waals surface area (Å²) in [6.45, 7) is 3.56. The highest BCUT2D eigenvalue weighted by atomic mass is 35.5. The second-order valence-electron chi connectivity index (χ2n) is 3.89. The third-order valence-corrected chi connectivity index (χ3v) is 2.15. The molecule has 5 heteroatoms. The number of hydrogen-bond acceptors (Lipinski definition) is 4. The molecule has 0 aliphatic carbocycles. The normalized spacial score (nSPS) is 10.2. The molecule has 0 bridgehead atoms. The minimum atomic E-state index is -0.400. The van der Waals surface area contributed by atoms with Gasteiger partial charge in [-0.2, -0.15) is 0 Å². The number of esters is 2. The van der Waals surface area contributed by atoms with Gasteiger partial charge in [0.25, 0.3) is 0 Å². The van der Waals surface area contributed by atoms with Gasteiger partial charge < -0.3 is 9.47 Å². The molecule has 0 aliphatic rings. The second-order valence-corrected chi connectivity index (χ2v) is 4.27. The molecule has 0 fully saturated rings. The molecule has 0 saturated heterocycles. The average molecular weight is 271 g/mol. The van der Waals surface area contributed by atoms with Gasteiger partial charge in [-0.1, -0.05) is 0 Å². The van der Waals surface area contributed by atoms with E-state index in [1.807, 2.05) is 0 Å². The van der Waals surface area contributed by atoms with Crippen LogP contribution in [0, 0.1) is 0 Å². The lowest BCUT2D eigenvalue weighted by Gasteiger charge is -2.08. The Kier molecular flexibility index (Phi) is 5.65. The molecule has 0 heterocycles. The van der Waals surface area contributed by atoms with E-state index in [4.69, 9.17) is 21.1 Å². The van der Waals surface area contributed by atoms with Crippen molar-refractivity contribution in [3.63, 3.8) is 0 Å². The fraction of sp³-hybridized carbons (Fsp3) is 0.385. The molecule has 4 nitrogen and oxygen atoms in total. The highest BCUT2D eigenvalue weighted by Gasteiger charge is 2.10. The van der Waals surface area contributed by atoms with E-state index in [-0.39, 0.29) is 18.4 Å². The molecule has 0 aliphatic heterocycles. The van der Waals surface area contributed by atoms with Crippen LogP contribution in [-0.2, 0) is 9.53 Å². The summed E-state index contributed by atoms with van der Waals surface area (Å²) in [6, 6.07) is 6.19. The van der Waals surface area contributed by atoms with E-state index in [0.29, 0.717) is 11.3 Å². The van der Waals surface area contributed by atoms with Crippen molar-refractivity contribution in [3.05, 3.63) is 29.8 Å². The third-order valence-electron chi connectivity index (χ3n) is 1.96. The van der Waals surface area contributed by atoms with E-state index in [0.717, 1.165) is 0 Å². The number of hydrogen-bond donors (Lipinski definition) is 0. The van der Waals surface area contributed by atoms with Gasteiger partial charge in [0.15, 0.2) is 0 Å². The van der Waals surface area contributed by atoms with Crippen molar-refractivity contribution < 1.29 is 19.1 Å². The fourth-order valence-electron chi connectivity index (χ4n) is 1.20. The molecule has 0 radical (unpaired) electrons. The van der Waals surface area contributed by atoms with Gasteiger partial charge in [-0.05, 0) is 38.1 Å². The number of benzene rings is 1. The molecule has 0 saturated carbocycles. The van der Waals surface area contributed by atoms with Crippen LogP contribution in [0.15, 0.2) is 24.3 Å². The van der Waals surface area contributed by atoms with Crippen LogP contribution in [0.4, 0.5) is 0 Å². The van der Waals surface area contributed by atoms with Crippen molar-refractivity contribution in [1.29, 1.82) is 0 Å². The standard InChI is InChI=1S/C13H15ClO4/c1-9(2)17-13(16)10-3-5-11(6-4-10)18-12(15)7-8-14/h3-6,9H,7-8H2,1-2H3. The van der Waals surface area contributed by atoms with Crippen molar-refractivity contribution in [1.82, 2.24) is 0 Å². The van der Waals surface area contributed by atoms with Crippen LogP contribution < -0.4 is 4.74 Å². The minimum absolute atomic E-state index is 0.151. The van der Waals surface area contributed by atoms with Gasteiger partial charge in [0.05, 0.1) is 18.1 Å². The molecule has 0 N–H and O–H groups in total. The van der Waals surface area contributed by atoms with Gasteiger partial charge in [0.1, 0.15) is 5.75 Å². The maximum Gasteiger partial charge on any atom is 0.338 e. The third kappa shape index (κ3) is 4.75. The lowest BCUT2D eigenvalue weighted by molar-refractivity contribution is -0.133. The fourth-order valence-corrected chi connectivity index (χ4v) is 1.36. The zero-order chi connectivity index (χ0) is 13.5. The lowest BCUT2D eigenvalue weighted by atomic mass is 10.2. The van der Waals surface area contributed by atoms with Crippen LogP contribution in [0.1, 0.15) is 30.6 Å². The Balaban J connectivity index is 2.62. The maximum atomic E-state index is 11.5. The summed E-state index contributed by atoms with van der Waals surface area (Å²) in [6.07, 6.45) is -0.0164. The Labute approximate surface area is 111 Å². The Bertz CT molecular complexity index is 412. The van der Waals surface area contributed by atoms with E-state index in [1.165, 1.54) is 0 Å². The quantitative estimate of drug-likeness (QED) is 0.469. The van der Waals surface area contributed by atoms with Gasteiger partial charge in [-0.3, -0.25) is 4.79 Å². The molecule has 0 amide bonds. The van der Waals surface area contributed by atoms with Crippen LogP contribution in [0.3, 0.4) is 0 Å². The number of halogens is 1. The smallest absolute Gasteiger partial charge is 0.338 e. The zero-order valence-electron chi connectivity index (χ0n) is 10.3. The number of carbonyl (C=O) groups is 2. The van der Waals surface area contributed by atoms with Gasteiger partial charge in [-0.15, -0.1) is 11.6 Å². The largest absolute Gasteiger partial charge is 0.459 e. The van der Waals surface area contributed by atoms with Crippen molar-refractivity contribution in [3.8, 4) is 5.75 Å². The van der Waals surface area contributed by atoms with E-state index in [2.05, 4.69) is 0 Å². The Morgan fingerprint density at radius 2 is 1.83 bits per heavy atom. The van der Waals surface area contributed by atoms with Gasteiger partial charge in [0.2, 0.25) is 0 Å². The predicted octanol–water partition coefficient (Wildman–Crippen LogP) is 2.79. The van der Waals surface area contributed by atoms with Gasteiger partial charge >= 0.3 is 11.9 Å². The predicted molar refractivity (Wildman–Crippen MR) is 68.0 cm³/mol. The van der Waals surface area contributed by atoms with Crippen molar-refractivity contribution in [2.75, 3.05) is 5.88 Å². The molecule has 18 heavy (non-hydrogen) atoms. The maximum absolute atomic E-state index is 11.5. The molecule has 1 aromatic rings. The van der Waals surface area contributed by atoms with Crippen molar-refractivity contribution in [2.24, 2.45) is 0 Å².